The van der Waals surface area contributed by atoms with Crippen LogP contribution in [-0.4, -0.2) is 21.2 Å². The van der Waals surface area contributed by atoms with E-state index in [0.29, 0.717) is 22.3 Å². The molecule has 0 aliphatic carbocycles. The van der Waals surface area contributed by atoms with Crippen LogP contribution in [0.4, 0.5) is 0 Å². The number of carbonyl (C=O) groups is 1. The lowest BCUT2D eigenvalue weighted by Crippen LogP contribution is -2.10. The van der Waals surface area contributed by atoms with Crippen LogP contribution in [0.5, 0.6) is 0 Å². The highest BCUT2D eigenvalue weighted by Crippen LogP contribution is 2.26. The second kappa shape index (κ2) is 4.23. The van der Waals surface area contributed by atoms with Crippen molar-refractivity contribution in [1.82, 2.24) is 4.98 Å². The van der Waals surface area contributed by atoms with Crippen LogP contribution in [0.1, 0.15) is 17.6 Å². The van der Waals surface area contributed by atoms with Crippen LogP contribution in [0.2, 0.25) is 0 Å². The molecule has 0 aliphatic rings. The highest BCUT2D eigenvalue weighted by molar-refractivity contribution is 9.08. The van der Waals surface area contributed by atoms with Gasteiger partial charge in [-0.1, -0.05) is 28.1 Å². The first kappa shape index (κ1) is 11.1. The van der Waals surface area contributed by atoms with Gasteiger partial charge in [0.2, 0.25) is 5.89 Å². The molecule has 84 valence electrons. The molecule has 2 aromatic rings. The molecule has 1 aromatic heterocycles. The van der Waals surface area contributed by atoms with Gasteiger partial charge in [-0.3, -0.25) is 0 Å². The maximum Gasteiger partial charge on any atom is 0.337 e. The number of benzene rings is 1. The predicted octanol–water partition coefficient (Wildman–Crippen LogP) is 1.84. The zero-order chi connectivity index (χ0) is 11.7. The highest BCUT2D eigenvalue weighted by atomic mass is 79.9. The third-order valence-corrected chi connectivity index (χ3v) is 2.61. The first-order chi connectivity index (χ1) is 7.63. The molecule has 1 heterocycles. The number of halogens is 1. The number of carboxylic acids is 1. The van der Waals surface area contributed by atoms with E-state index in [2.05, 4.69) is 20.9 Å². The Morgan fingerprint density at radius 3 is 2.94 bits per heavy atom. The van der Waals surface area contributed by atoms with Crippen molar-refractivity contribution in [2.45, 2.75) is 11.4 Å². The topological polar surface area (TPSA) is 83.6 Å². The molecule has 0 fully saturated rings. The summed E-state index contributed by atoms with van der Waals surface area (Å²) in [5.74, 6) is -0.871. The number of aliphatic hydroxyl groups is 1. The molecule has 16 heavy (non-hydrogen) atoms. The molecule has 1 atom stereocenters. The first-order valence-electron chi connectivity index (χ1n) is 4.48. The lowest BCUT2D eigenvalue weighted by atomic mass is 10.1. The highest BCUT2D eigenvalue weighted by Gasteiger charge is 2.21. The third kappa shape index (κ3) is 1.81. The van der Waals surface area contributed by atoms with Gasteiger partial charge in [0.25, 0.3) is 0 Å². The van der Waals surface area contributed by atoms with Gasteiger partial charge in [-0.05, 0) is 6.07 Å². The lowest BCUT2D eigenvalue weighted by molar-refractivity contribution is -0.146. The quantitative estimate of drug-likeness (QED) is 0.841. The molecule has 5 nitrogen and oxygen atoms in total. The molecule has 0 bridgehead atoms. The molecular weight excluding hydrogens is 278 g/mol. The van der Waals surface area contributed by atoms with Crippen molar-refractivity contribution >= 4 is 33.0 Å². The largest absolute Gasteiger partial charge is 0.479 e. The summed E-state index contributed by atoms with van der Waals surface area (Å²) in [6.45, 7) is 0. The van der Waals surface area contributed by atoms with Crippen LogP contribution in [0.3, 0.4) is 0 Å². The number of aliphatic carboxylic acids is 1. The third-order valence-electron chi connectivity index (χ3n) is 2.13. The number of hydrogen-bond acceptors (Lipinski definition) is 4. The second-order valence-electron chi connectivity index (χ2n) is 3.18. The smallest absolute Gasteiger partial charge is 0.337 e. The molecule has 1 unspecified atom stereocenters. The van der Waals surface area contributed by atoms with Crippen molar-refractivity contribution in [3.63, 3.8) is 0 Å². The number of fused-ring (bicyclic) bond motifs is 1. The monoisotopic (exact) mass is 285 g/mol. The Morgan fingerprint density at radius 2 is 2.31 bits per heavy atom. The summed E-state index contributed by atoms with van der Waals surface area (Å²) in [4.78, 5) is 14.8. The predicted molar refractivity (Wildman–Crippen MR) is 59.2 cm³/mol. The van der Waals surface area contributed by atoms with Crippen LogP contribution in [0, 0.1) is 0 Å². The summed E-state index contributed by atoms with van der Waals surface area (Å²) >= 11 is 3.19. The maximum atomic E-state index is 10.7. The molecular formula is C10H8BrNO4. The van der Waals surface area contributed by atoms with Crippen molar-refractivity contribution in [3.8, 4) is 0 Å². The Bertz CT molecular complexity index is 537. The van der Waals surface area contributed by atoms with Gasteiger partial charge < -0.3 is 14.6 Å². The molecule has 0 aliphatic heterocycles. The molecule has 0 spiro atoms. The normalized spacial score (nSPS) is 12.9. The average Bonchev–Trinajstić information content (AvgIpc) is 2.70. The zero-order valence-corrected chi connectivity index (χ0v) is 9.64. The Morgan fingerprint density at radius 1 is 1.56 bits per heavy atom. The SMILES string of the molecule is O=C(O)C(O)c1cccc2nc(CBr)oc12. The summed E-state index contributed by atoms with van der Waals surface area (Å²) in [7, 11) is 0. The molecule has 0 saturated carbocycles. The van der Waals surface area contributed by atoms with E-state index in [1.165, 1.54) is 6.07 Å². The number of carboxylic acid groups (broad SMARTS) is 1. The van der Waals surface area contributed by atoms with Gasteiger partial charge in [0.05, 0.1) is 5.33 Å². The van der Waals surface area contributed by atoms with E-state index in [-0.39, 0.29) is 5.56 Å². The van der Waals surface area contributed by atoms with Crippen molar-refractivity contribution in [2.75, 3.05) is 0 Å². The number of hydrogen-bond donors (Lipinski definition) is 2. The molecule has 0 radical (unpaired) electrons. The van der Waals surface area contributed by atoms with Crippen molar-refractivity contribution < 1.29 is 19.4 Å². The van der Waals surface area contributed by atoms with Crippen LogP contribution in [0.15, 0.2) is 22.6 Å². The number of oxazole rings is 1. The van der Waals surface area contributed by atoms with Crippen LogP contribution >= 0.6 is 15.9 Å². The number of aromatic nitrogens is 1. The Kier molecular flexibility index (Phi) is 2.93. The molecule has 2 rings (SSSR count). The summed E-state index contributed by atoms with van der Waals surface area (Å²) in [6.07, 6.45) is -1.60. The van der Waals surface area contributed by atoms with E-state index < -0.39 is 12.1 Å². The fourth-order valence-corrected chi connectivity index (χ4v) is 1.66. The van der Waals surface area contributed by atoms with Crippen LogP contribution in [0.25, 0.3) is 11.1 Å². The minimum Gasteiger partial charge on any atom is -0.479 e. The van der Waals surface area contributed by atoms with E-state index >= 15 is 0 Å². The lowest BCUT2D eigenvalue weighted by Gasteiger charge is -2.04. The van der Waals surface area contributed by atoms with E-state index in [4.69, 9.17) is 9.52 Å². The molecule has 0 saturated heterocycles. The number of nitrogens with zero attached hydrogens (tertiary/aromatic N) is 1. The first-order valence-corrected chi connectivity index (χ1v) is 5.61. The fraction of sp³-hybridized carbons (Fsp3) is 0.200. The summed E-state index contributed by atoms with van der Waals surface area (Å²) in [5.41, 5.74) is 1.06. The van der Waals surface area contributed by atoms with E-state index in [1.54, 1.807) is 12.1 Å². The summed E-state index contributed by atoms with van der Waals surface area (Å²) in [5, 5.41) is 18.7. The zero-order valence-electron chi connectivity index (χ0n) is 8.05. The minimum absolute atomic E-state index is 0.213. The molecule has 0 amide bonds. The number of aliphatic hydroxyl groups excluding tert-OH is 1. The van der Waals surface area contributed by atoms with Gasteiger partial charge in [0.1, 0.15) is 5.52 Å². The van der Waals surface area contributed by atoms with Gasteiger partial charge in [-0.25, -0.2) is 9.78 Å². The van der Waals surface area contributed by atoms with E-state index in [9.17, 15) is 9.90 Å². The van der Waals surface area contributed by atoms with Gasteiger partial charge in [-0.15, -0.1) is 0 Å². The van der Waals surface area contributed by atoms with Crippen LogP contribution < -0.4 is 0 Å². The van der Waals surface area contributed by atoms with Crippen LogP contribution in [-0.2, 0) is 10.1 Å². The van der Waals surface area contributed by atoms with Crippen molar-refractivity contribution in [3.05, 3.63) is 29.7 Å². The average molecular weight is 286 g/mol. The Labute approximate surface area is 98.8 Å². The van der Waals surface area contributed by atoms with Gasteiger partial charge in [0, 0.05) is 5.56 Å². The second-order valence-corrected chi connectivity index (χ2v) is 3.74. The molecule has 2 N–H and O–H groups in total. The van der Waals surface area contributed by atoms with Gasteiger partial charge in [0.15, 0.2) is 11.7 Å². The van der Waals surface area contributed by atoms with Gasteiger partial charge in [-0.2, -0.15) is 0 Å². The van der Waals surface area contributed by atoms with Crippen molar-refractivity contribution in [1.29, 1.82) is 0 Å². The van der Waals surface area contributed by atoms with E-state index in [1.807, 2.05) is 0 Å². The fourth-order valence-electron chi connectivity index (χ4n) is 1.42. The summed E-state index contributed by atoms with van der Waals surface area (Å²) in [6, 6.07) is 4.83. The molecule has 6 heteroatoms. The number of para-hydroxylation sites is 1. The Hall–Kier alpha value is -1.40. The Balaban J connectivity index is 2.60. The van der Waals surface area contributed by atoms with Gasteiger partial charge >= 0.3 is 5.97 Å². The number of alkyl halides is 1. The standard InChI is InChI=1S/C10H8BrNO4/c11-4-7-12-6-3-1-2-5(9(6)16-7)8(13)10(14)15/h1-3,8,13H,4H2,(H,14,15). The number of rotatable bonds is 3. The summed E-state index contributed by atoms with van der Waals surface area (Å²) < 4.78 is 5.34. The van der Waals surface area contributed by atoms with Crippen molar-refractivity contribution in [2.24, 2.45) is 0 Å². The maximum absolute atomic E-state index is 10.7. The molecule has 1 aromatic carbocycles. The van der Waals surface area contributed by atoms with E-state index in [0.717, 1.165) is 0 Å². The minimum atomic E-state index is -1.60.